The predicted molar refractivity (Wildman–Crippen MR) is 70.2 cm³/mol. The Kier molecular flexibility index (Phi) is 3.15. The Balaban J connectivity index is 3.22. The molecule has 0 fully saturated rings. The van der Waals surface area contributed by atoms with Crippen LogP contribution in [-0.2, 0) is 0 Å². The van der Waals surface area contributed by atoms with Gasteiger partial charge in [0.15, 0.2) is 0 Å². The molecule has 1 aliphatic rings. The van der Waals surface area contributed by atoms with Crippen LogP contribution < -0.4 is 0 Å². The fourth-order valence-corrected chi connectivity index (χ4v) is 1.98. The average molecular weight is 222 g/mol. The molecule has 16 heavy (non-hydrogen) atoms. The van der Waals surface area contributed by atoms with Crippen molar-refractivity contribution in [3.8, 4) is 0 Å². The molecule has 1 nitrogen and oxygen atoms in total. The van der Waals surface area contributed by atoms with Crippen LogP contribution in [0.25, 0.3) is 0 Å². The van der Waals surface area contributed by atoms with Crippen molar-refractivity contribution in [1.82, 2.24) is 0 Å². The smallest absolute Gasteiger partial charge is 0.0817 e. The van der Waals surface area contributed by atoms with E-state index in [2.05, 4.69) is 60.6 Å². The third-order valence-corrected chi connectivity index (χ3v) is 4.01. The Morgan fingerprint density at radius 1 is 1.12 bits per heavy atom. The Bertz CT molecular complexity index is 322. The molecular formula is C15H26O. The minimum Gasteiger partial charge on any atom is -0.388 e. The molecule has 1 rings (SSSR count). The third-order valence-electron chi connectivity index (χ3n) is 4.01. The van der Waals surface area contributed by atoms with E-state index in [4.69, 9.17) is 0 Å². The highest BCUT2D eigenvalue weighted by molar-refractivity contribution is 5.34. The Hall–Kier alpha value is -0.560. The van der Waals surface area contributed by atoms with E-state index in [9.17, 15) is 5.11 Å². The first-order chi connectivity index (χ1) is 6.98. The van der Waals surface area contributed by atoms with Crippen molar-refractivity contribution >= 4 is 0 Å². The van der Waals surface area contributed by atoms with Crippen LogP contribution in [0.5, 0.6) is 0 Å². The van der Waals surface area contributed by atoms with Gasteiger partial charge in [0.1, 0.15) is 0 Å². The second kappa shape index (κ2) is 3.73. The van der Waals surface area contributed by atoms with Gasteiger partial charge < -0.3 is 5.11 Å². The Labute approximate surface area is 100 Å². The molecule has 0 aromatic rings. The van der Waals surface area contributed by atoms with Crippen molar-refractivity contribution in [2.75, 3.05) is 0 Å². The highest BCUT2D eigenvalue weighted by atomic mass is 16.3. The number of aliphatic hydroxyl groups is 1. The van der Waals surface area contributed by atoms with Crippen LogP contribution in [0.3, 0.4) is 0 Å². The maximum atomic E-state index is 10.2. The van der Waals surface area contributed by atoms with Crippen LogP contribution in [0.1, 0.15) is 48.5 Å². The number of hydrogen-bond donors (Lipinski definition) is 1. The molecule has 0 bridgehead atoms. The molecular weight excluding hydrogens is 196 g/mol. The van der Waals surface area contributed by atoms with Crippen molar-refractivity contribution in [3.63, 3.8) is 0 Å². The summed E-state index contributed by atoms with van der Waals surface area (Å²) in [6.07, 6.45) is 5.88. The minimum atomic E-state index is -0.390. The first-order valence-electron chi connectivity index (χ1n) is 6.08. The normalized spacial score (nSPS) is 31.5. The van der Waals surface area contributed by atoms with E-state index in [0.29, 0.717) is 0 Å². The van der Waals surface area contributed by atoms with Crippen molar-refractivity contribution in [2.45, 2.75) is 54.6 Å². The molecule has 1 heteroatoms. The van der Waals surface area contributed by atoms with Gasteiger partial charge in [0, 0.05) is 5.41 Å². The first kappa shape index (κ1) is 13.5. The summed E-state index contributed by atoms with van der Waals surface area (Å²) in [5, 5.41) is 10.2. The lowest BCUT2D eigenvalue weighted by atomic mass is 9.61. The highest BCUT2D eigenvalue weighted by Crippen LogP contribution is 2.47. The van der Waals surface area contributed by atoms with Crippen molar-refractivity contribution < 1.29 is 5.11 Å². The quantitative estimate of drug-likeness (QED) is 0.658. The van der Waals surface area contributed by atoms with Gasteiger partial charge in [0.2, 0.25) is 0 Å². The van der Waals surface area contributed by atoms with E-state index in [1.807, 2.05) is 6.08 Å². The largest absolute Gasteiger partial charge is 0.388 e. The first-order valence-corrected chi connectivity index (χ1v) is 6.08. The second-order valence-corrected chi connectivity index (χ2v) is 7.19. The lowest BCUT2D eigenvalue weighted by Gasteiger charge is -2.45. The average Bonchev–Trinajstić information content (AvgIpc) is 2.06. The maximum Gasteiger partial charge on any atom is 0.0817 e. The lowest BCUT2D eigenvalue weighted by molar-refractivity contribution is 0.0234. The maximum absolute atomic E-state index is 10.2. The fraction of sp³-hybridized carbons (Fsp3) is 0.733. The predicted octanol–water partition coefficient (Wildman–Crippen LogP) is 3.94. The lowest BCUT2D eigenvalue weighted by Crippen LogP contribution is -2.43. The van der Waals surface area contributed by atoms with Crippen LogP contribution in [0.4, 0.5) is 0 Å². The summed E-state index contributed by atoms with van der Waals surface area (Å²) >= 11 is 0. The van der Waals surface area contributed by atoms with E-state index >= 15 is 0 Å². The van der Waals surface area contributed by atoms with E-state index in [-0.39, 0.29) is 16.2 Å². The zero-order chi connectivity index (χ0) is 12.8. The summed E-state index contributed by atoms with van der Waals surface area (Å²) in [5.74, 6) is 0. The molecule has 0 radical (unpaired) electrons. The zero-order valence-electron chi connectivity index (χ0n) is 11.8. The van der Waals surface area contributed by atoms with Crippen LogP contribution in [0, 0.1) is 16.2 Å². The van der Waals surface area contributed by atoms with Gasteiger partial charge in [-0.15, -0.1) is 0 Å². The summed E-state index contributed by atoms with van der Waals surface area (Å²) in [7, 11) is 0. The van der Waals surface area contributed by atoms with Crippen LogP contribution in [0.15, 0.2) is 23.8 Å². The number of aliphatic hydroxyl groups excluding tert-OH is 1. The SMILES string of the molecule is CC(C)(C)C1=CC(C)(C(C)(C)C)C(O)C=C1. The molecule has 2 unspecified atom stereocenters. The molecule has 0 aliphatic heterocycles. The number of allylic oxidation sites excluding steroid dienone is 2. The van der Waals surface area contributed by atoms with Crippen molar-refractivity contribution in [3.05, 3.63) is 23.8 Å². The van der Waals surface area contributed by atoms with Gasteiger partial charge in [0.05, 0.1) is 6.10 Å². The molecule has 92 valence electrons. The molecule has 1 N–H and O–H groups in total. The van der Waals surface area contributed by atoms with Crippen molar-refractivity contribution in [2.24, 2.45) is 16.2 Å². The van der Waals surface area contributed by atoms with Gasteiger partial charge >= 0.3 is 0 Å². The summed E-state index contributed by atoms with van der Waals surface area (Å²) in [6, 6.07) is 0. The Morgan fingerprint density at radius 2 is 1.62 bits per heavy atom. The molecule has 1 aliphatic carbocycles. The standard InChI is InChI=1S/C15H26O/c1-13(2,3)11-8-9-12(16)15(7,10-11)14(4,5)6/h8-10,12,16H,1-7H3. The van der Waals surface area contributed by atoms with E-state index < -0.39 is 6.10 Å². The topological polar surface area (TPSA) is 20.2 Å². The Morgan fingerprint density at radius 3 is 2.00 bits per heavy atom. The molecule has 0 saturated carbocycles. The van der Waals surface area contributed by atoms with E-state index in [0.717, 1.165) is 0 Å². The summed E-state index contributed by atoms with van der Waals surface area (Å²) in [4.78, 5) is 0. The molecule has 0 aromatic heterocycles. The third kappa shape index (κ3) is 2.24. The molecule has 0 amide bonds. The van der Waals surface area contributed by atoms with Gasteiger partial charge in [-0.05, 0) is 16.4 Å². The number of rotatable bonds is 0. The summed E-state index contributed by atoms with van der Waals surface area (Å²) in [6.45, 7) is 15.3. The summed E-state index contributed by atoms with van der Waals surface area (Å²) in [5.41, 5.74) is 1.32. The molecule has 2 atom stereocenters. The molecule has 0 aromatic carbocycles. The molecule has 0 saturated heterocycles. The molecule has 0 spiro atoms. The van der Waals surface area contributed by atoms with Gasteiger partial charge in [-0.25, -0.2) is 0 Å². The fourth-order valence-electron chi connectivity index (χ4n) is 1.98. The van der Waals surface area contributed by atoms with Crippen LogP contribution in [-0.4, -0.2) is 11.2 Å². The van der Waals surface area contributed by atoms with Crippen LogP contribution in [0.2, 0.25) is 0 Å². The van der Waals surface area contributed by atoms with Crippen LogP contribution >= 0.6 is 0 Å². The molecule has 0 heterocycles. The van der Waals surface area contributed by atoms with Gasteiger partial charge in [-0.3, -0.25) is 0 Å². The highest BCUT2D eigenvalue weighted by Gasteiger charge is 2.43. The minimum absolute atomic E-state index is 0.0493. The van der Waals surface area contributed by atoms with Crippen molar-refractivity contribution in [1.29, 1.82) is 0 Å². The van der Waals surface area contributed by atoms with Gasteiger partial charge in [-0.2, -0.15) is 0 Å². The van der Waals surface area contributed by atoms with Gasteiger partial charge in [-0.1, -0.05) is 66.7 Å². The summed E-state index contributed by atoms with van der Waals surface area (Å²) < 4.78 is 0. The second-order valence-electron chi connectivity index (χ2n) is 7.19. The monoisotopic (exact) mass is 222 g/mol. The van der Waals surface area contributed by atoms with E-state index in [1.165, 1.54) is 5.57 Å². The number of hydrogen-bond acceptors (Lipinski definition) is 1. The van der Waals surface area contributed by atoms with E-state index in [1.54, 1.807) is 0 Å². The zero-order valence-corrected chi connectivity index (χ0v) is 11.8. The van der Waals surface area contributed by atoms with Gasteiger partial charge in [0.25, 0.3) is 0 Å².